The van der Waals surface area contributed by atoms with E-state index in [0.717, 1.165) is 83.4 Å². The number of nitrogens with zero attached hydrogens (tertiary/aromatic N) is 5. The van der Waals surface area contributed by atoms with Crippen molar-refractivity contribution in [2.75, 3.05) is 0 Å². The summed E-state index contributed by atoms with van der Waals surface area (Å²) in [6, 6.07) is 24.3. The second kappa shape index (κ2) is 14.9. The van der Waals surface area contributed by atoms with Crippen molar-refractivity contribution in [1.29, 1.82) is 0 Å². The van der Waals surface area contributed by atoms with Gasteiger partial charge in [0, 0.05) is 69.1 Å². The molecule has 0 spiro atoms. The van der Waals surface area contributed by atoms with E-state index in [2.05, 4.69) is 44.4 Å². The number of hydrogen-bond acceptors (Lipinski definition) is 6. The number of fused-ring (bicyclic) bond motifs is 6. The molecule has 2 atom stereocenters. The highest BCUT2D eigenvalue weighted by Gasteiger charge is 2.30. The summed E-state index contributed by atoms with van der Waals surface area (Å²) >= 11 is 0. The Morgan fingerprint density at radius 3 is 2.20 bits per heavy atom. The third-order valence-corrected chi connectivity index (χ3v) is 11.5. The smallest absolute Gasteiger partial charge is 0.132 e. The number of benzene rings is 3. The van der Waals surface area contributed by atoms with Gasteiger partial charge in [0.25, 0.3) is 0 Å². The van der Waals surface area contributed by atoms with E-state index in [1.807, 2.05) is 79.7 Å². The average Bonchev–Trinajstić information content (AvgIpc) is 3.28. The third-order valence-electron chi connectivity index (χ3n) is 11.5. The van der Waals surface area contributed by atoms with Crippen LogP contribution < -0.4 is 5.32 Å². The van der Waals surface area contributed by atoms with Crippen LogP contribution in [-0.2, 0) is 0 Å². The lowest BCUT2D eigenvalue weighted by molar-refractivity contribution is 0.608. The minimum Gasteiger partial charge on any atom is -0.340 e. The van der Waals surface area contributed by atoms with Gasteiger partial charge in [0.15, 0.2) is 0 Å². The number of aliphatic imine (C=N–C) groups is 1. The predicted octanol–water partition coefficient (Wildman–Crippen LogP) is 11.6. The molecule has 7 aromatic rings. The number of aromatic nitrogens is 4. The van der Waals surface area contributed by atoms with E-state index < -0.39 is 11.9 Å². The van der Waals surface area contributed by atoms with Gasteiger partial charge in [0.1, 0.15) is 23.5 Å². The molecular formula is C51H36F2N6. The summed E-state index contributed by atoms with van der Waals surface area (Å²) in [6.07, 6.45) is 25.7. The molecule has 4 aromatic heterocycles. The van der Waals surface area contributed by atoms with Crippen LogP contribution in [-0.4, -0.2) is 31.8 Å². The first-order valence-corrected chi connectivity index (χ1v) is 19.7. The number of hydrogen-bond donors (Lipinski definition) is 1. The first-order valence-electron chi connectivity index (χ1n) is 19.7. The van der Waals surface area contributed by atoms with E-state index in [9.17, 15) is 0 Å². The molecule has 0 saturated carbocycles. The Hall–Kier alpha value is -7.37. The monoisotopic (exact) mass is 770 g/mol. The Labute approximate surface area is 339 Å². The number of amidine groups is 1. The van der Waals surface area contributed by atoms with E-state index >= 15 is 8.78 Å². The second-order valence-corrected chi connectivity index (χ2v) is 15.1. The summed E-state index contributed by atoms with van der Waals surface area (Å²) in [7, 11) is 0. The molecule has 0 radical (unpaired) electrons. The van der Waals surface area contributed by atoms with E-state index in [4.69, 9.17) is 16.4 Å². The molecule has 3 aromatic carbocycles. The molecule has 0 saturated heterocycles. The van der Waals surface area contributed by atoms with Gasteiger partial charge in [-0.25, -0.2) is 8.78 Å². The third kappa shape index (κ3) is 6.51. The first-order chi connectivity index (χ1) is 28.9. The normalized spacial score (nSPS) is 18.4. The van der Waals surface area contributed by atoms with Gasteiger partial charge in [0.05, 0.1) is 22.1 Å². The Morgan fingerprint density at radius 2 is 1.46 bits per heavy atom. The maximum Gasteiger partial charge on any atom is 0.132 e. The molecular weight excluding hydrogens is 735 g/mol. The van der Waals surface area contributed by atoms with Crippen LogP contribution in [0.4, 0.5) is 8.78 Å². The quantitative estimate of drug-likeness (QED) is 0.135. The second-order valence-electron chi connectivity index (χ2n) is 15.1. The van der Waals surface area contributed by atoms with Gasteiger partial charge < -0.3 is 5.32 Å². The van der Waals surface area contributed by atoms with Crippen LogP contribution in [0.1, 0.15) is 43.2 Å². The van der Waals surface area contributed by atoms with Crippen LogP contribution >= 0.6 is 0 Å². The molecule has 10 rings (SSSR count). The zero-order valence-corrected chi connectivity index (χ0v) is 32.1. The van der Waals surface area contributed by atoms with E-state index in [-0.39, 0.29) is 11.7 Å². The number of pyridine rings is 4. The van der Waals surface area contributed by atoms with Crippen molar-refractivity contribution >= 4 is 55.1 Å². The highest BCUT2D eigenvalue weighted by Crippen LogP contribution is 2.41. The Morgan fingerprint density at radius 1 is 0.763 bits per heavy atom. The fraction of sp³-hybridized carbons (Fsp3) is 0.118. The molecule has 5 heterocycles. The van der Waals surface area contributed by atoms with Crippen molar-refractivity contribution in [3.63, 3.8) is 0 Å². The molecule has 1 aliphatic heterocycles. The Balaban J connectivity index is 1.12. The molecule has 6 nitrogen and oxygen atoms in total. The SMILES string of the molecule is C#C/C=C\C1=C(C)C=C(C2=NC(C3=CC(c4cc5cccnc5c5ncccc45)CC=C3F)C=C(c3cc(-c4cc5cccnc5c5ncccc45)ccc3F)N2)CC1. The number of rotatable bonds is 6. The van der Waals surface area contributed by atoms with Crippen LogP contribution in [0.3, 0.4) is 0 Å². The zero-order valence-electron chi connectivity index (χ0n) is 32.1. The molecule has 0 amide bonds. The van der Waals surface area contributed by atoms with Gasteiger partial charge in [0.2, 0.25) is 0 Å². The maximum atomic E-state index is 16.4. The van der Waals surface area contributed by atoms with E-state index in [1.165, 1.54) is 6.07 Å². The summed E-state index contributed by atoms with van der Waals surface area (Å²) in [4.78, 5) is 23.8. The van der Waals surface area contributed by atoms with Crippen LogP contribution in [0.15, 0.2) is 173 Å². The lowest BCUT2D eigenvalue weighted by Gasteiger charge is -2.29. The van der Waals surface area contributed by atoms with Crippen molar-refractivity contribution in [2.45, 2.75) is 38.1 Å². The van der Waals surface area contributed by atoms with Gasteiger partial charge in [-0.05, 0) is 126 Å². The number of nitrogens with one attached hydrogen (secondary N) is 1. The van der Waals surface area contributed by atoms with Crippen LogP contribution in [0.5, 0.6) is 0 Å². The van der Waals surface area contributed by atoms with Crippen molar-refractivity contribution in [2.24, 2.45) is 4.99 Å². The summed E-state index contributed by atoms with van der Waals surface area (Å²) in [6.45, 7) is 2.04. The summed E-state index contributed by atoms with van der Waals surface area (Å²) in [5, 5.41) is 7.27. The van der Waals surface area contributed by atoms with Gasteiger partial charge in [-0.15, -0.1) is 6.42 Å². The predicted molar refractivity (Wildman–Crippen MR) is 234 cm³/mol. The van der Waals surface area contributed by atoms with Crippen molar-refractivity contribution < 1.29 is 8.78 Å². The molecule has 2 aliphatic carbocycles. The van der Waals surface area contributed by atoms with Gasteiger partial charge >= 0.3 is 0 Å². The van der Waals surface area contributed by atoms with Crippen molar-refractivity contribution in [1.82, 2.24) is 25.3 Å². The minimum atomic E-state index is -0.750. The van der Waals surface area contributed by atoms with E-state index in [1.54, 1.807) is 43.0 Å². The topological polar surface area (TPSA) is 76.0 Å². The average molecular weight is 771 g/mol. The molecule has 0 fully saturated rings. The highest BCUT2D eigenvalue weighted by atomic mass is 19.1. The number of terminal acetylenes is 1. The van der Waals surface area contributed by atoms with Crippen LogP contribution in [0, 0.1) is 18.2 Å². The highest BCUT2D eigenvalue weighted by molar-refractivity contribution is 6.11. The molecule has 284 valence electrons. The maximum absolute atomic E-state index is 16.4. The number of allylic oxidation sites excluding steroid dienone is 7. The summed E-state index contributed by atoms with van der Waals surface area (Å²) in [5.74, 6) is 2.23. The lowest BCUT2D eigenvalue weighted by atomic mass is 9.84. The number of halogens is 2. The largest absolute Gasteiger partial charge is 0.340 e. The summed E-state index contributed by atoms with van der Waals surface area (Å²) in [5.41, 5.74) is 10.4. The van der Waals surface area contributed by atoms with Gasteiger partial charge in [-0.2, -0.15) is 0 Å². The zero-order chi connectivity index (χ0) is 40.0. The summed E-state index contributed by atoms with van der Waals surface area (Å²) < 4.78 is 32.7. The van der Waals surface area contributed by atoms with E-state index in [0.29, 0.717) is 35.5 Å². The standard InChI is InChI=1S/C51H36F2N6/c1-3-4-9-31-14-15-36(24-30(31)2)51-58-45(41-25-32(16-18-43(41)52)39-27-34-10-5-20-54-47(34)49-37(39)12-7-22-56-49)29-46(59-51)42-26-33(17-19-44(42)53)40-28-35-11-6-21-55-48(35)50-38(40)13-8-23-57-50/h1,4-13,16,18-29,33,46H,14-15,17H2,2H3,(H,58,59)/b9-4-. The van der Waals surface area contributed by atoms with Crippen LogP contribution in [0.25, 0.3) is 60.4 Å². The van der Waals surface area contributed by atoms with Gasteiger partial charge in [-0.1, -0.05) is 54.5 Å². The fourth-order valence-corrected chi connectivity index (χ4v) is 8.65. The van der Waals surface area contributed by atoms with Crippen LogP contribution in [0.2, 0.25) is 0 Å². The molecule has 59 heavy (non-hydrogen) atoms. The molecule has 0 bridgehead atoms. The minimum absolute atomic E-state index is 0.167. The fourth-order valence-electron chi connectivity index (χ4n) is 8.65. The molecule has 1 N–H and O–H groups in total. The van der Waals surface area contributed by atoms with Crippen molar-refractivity contribution in [3.05, 3.63) is 185 Å². The first kappa shape index (κ1) is 36.0. The van der Waals surface area contributed by atoms with Gasteiger partial charge in [-0.3, -0.25) is 24.9 Å². The Kier molecular flexibility index (Phi) is 9.06. The Bertz CT molecular complexity index is 3180. The lowest BCUT2D eigenvalue weighted by Crippen LogP contribution is -2.32. The molecule has 2 unspecified atom stereocenters. The molecule has 8 heteroatoms. The molecule has 3 aliphatic rings. The van der Waals surface area contributed by atoms with Crippen molar-refractivity contribution in [3.8, 4) is 23.5 Å².